The molecule has 0 aromatic carbocycles. The Morgan fingerprint density at radius 3 is 2.71 bits per heavy atom. The predicted molar refractivity (Wildman–Crippen MR) is 75.7 cm³/mol. The topological polar surface area (TPSA) is 28.2 Å². The van der Waals surface area contributed by atoms with Crippen molar-refractivity contribution in [1.29, 1.82) is 0 Å². The van der Waals surface area contributed by atoms with Crippen LogP contribution in [0.3, 0.4) is 0 Å². The largest absolute Gasteiger partial charge is 0.354 e. The van der Waals surface area contributed by atoms with Crippen molar-refractivity contribution in [2.24, 2.45) is 0 Å². The Morgan fingerprint density at radius 1 is 1.35 bits per heavy atom. The lowest BCUT2D eigenvalue weighted by atomic mass is 10.3. The third-order valence-electron chi connectivity index (χ3n) is 2.89. The summed E-state index contributed by atoms with van der Waals surface area (Å²) in [7, 11) is 1.95. The van der Waals surface area contributed by atoms with Crippen molar-refractivity contribution in [2.75, 3.05) is 25.0 Å². The van der Waals surface area contributed by atoms with Crippen LogP contribution in [0.15, 0.2) is 18.2 Å². The first-order valence-electron chi connectivity index (χ1n) is 6.20. The maximum absolute atomic E-state index is 4.71. The van der Waals surface area contributed by atoms with E-state index in [2.05, 4.69) is 54.0 Å². The van der Waals surface area contributed by atoms with Crippen LogP contribution >= 0.6 is 11.8 Å². The maximum atomic E-state index is 4.71. The molecule has 4 heteroatoms. The molecule has 2 atom stereocenters. The minimum Gasteiger partial charge on any atom is -0.354 e. The van der Waals surface area contributed by atoms with Gasteiger partial charge in [-0.2, -0.15) is 11.8 Å². The molecule has 3 nitrogen and oxygen atoms in total. The fourth-order valence-electron chi connectivity index (χ4n) is 2.29. The van der Waals surface area contributed by atoms with Gasteiger partial charge in [-0.15, -0.1) is 0 Å². The van der Waals surface area contributed by atoms with Crippen LogP contribution in [-0.2, 0) is 6.54 Å². The molecule has 2 rings (SSSR count). The Hall–Kier alpha value is -0.740. The van der Waals surface area contributed by atoms with Gasteiger partial charge in [-0.05, 0) is 19.2 Å². The minimum atomic E-state index is 0.688. The number of nitrogens with one attached hydrogen (secondary N) is 1. The van der Waals surface area contributed by atoms with Gasteiger partial charge in [-0.3, -0.25) is 0 Å². The van der Waals surface area contributed by atoms with Crippen LogP contribution in [0.4, 0.5) is 5.82 Å². The summed E-state index contributed by atoms with van der Waals surface area (Å²) in [6.45, 7) is 7.63. The van der Waals surface area contributed by atoms with Crippen molar-refractivity contribution < 1.29 is 0 Å². The van der Waals surface area contributed by atoms with Crippen LogP contribution in [0.2, 0.25) is 0 Å². The molecule has 1 aliphatic heterocycles. The molecule has 1 aromatic rings. The van der Waals surface area contributed by atoms with E-state index in [0.29, 0.717) is 10.5 Å². The fourth-order valence-corrected chi connectivity index (χ4v) is 3.61. The first-order chi connectivity index (χ1) is 8.19. The van der Waals surface area contributed by atoms with Crippen LogP contribution < -0.4 is 10.2 Å². The molecule has 0 bridgehead atoms. The molecular formula is C13H21N3S. The molecule has 94 valence electrons. The second-order valence-corrected chi connectivity index (χ2v) is 6.56. The Bertz CT molecular complexity index is 359. The molecule has 0 amide bonds. The molecule has 2 unspecified atom stereocenters. The van der Waals surface area contributed by atoms with E-state index < -0.39 is 0 Å². The van der Waals surface area contributed by atoms with Gasteiger partial charge in [0.1, 0.15) is 5.82 Å². The van der Waals surface area contributed by atoms with Gasteiger partial charge in [0.25, 0.3) is 0 Å². The van der Waals surface area contributed by atoms with E-state index in [4.69, 9.17) is 4.98 Å². The van der Waals surface area contributed by atoms with E-state index >= 15 is 0 Å². The van der Waals surface area contributed by atoms with E-state index in [-0.39, 0.29) is 0 Å². The third kappa shape index (κ3) is 3.36. The molecule has 0 spiro atoms. The number of hydrogen-bond donors (Lipinski definition) is 1. The van der Waals surface area contributed by atoms with Crippen LogP contribution in [0, 0.1) is 0 Å². The van der Waals surface area contributed by atoms with Gasteiger partial charge in [-0.1, -0.05) is 19.9 Å². The standard InChI is InChI=1S/C13H21N3S/c1-10-8-16(9-11(2)17-10)13-6-4-5-12(15-13)7-14-3/h4-6,10-11,14H,7-9H2,1-3H3. The molecule has 0 aliphatic carbocycles. The van der Waals surface area contributed by atoms with Gasteiger partial charge in [0.15, 0.2) is 0 Å². The first-order valence-corrected chi connectivity index (χ1v) is 7.14. The van der Waals surface area contributed by atoms with Crippen molar-refractivity contribution in [1.82, 2.24) is 10.3 Å². The quantitative estimate of drug-likeness (QED) is 0.891. The Kier molecular flexibility index (Phi) is 4.29. The highest BCUT2D eigenvalue weighted by Crippen LogP contribution is 2.27. The van der Waals surface area contributed by atoms with Crippen molar-refractivity contribution in [3.05, 3.63) is 23.9 Å². The highest BCUT2D eigenvalue weighted by atomic mass is 32.2. The Morgan fingerprint density at radius 2 is 2.06 bits per heavy atom. The van der Waals surface area contributed by atoms with Crippen molar-refractivity contribution >= 4 is 17.6 Å². The van der Waals surface area contributed by atoms with E-state index in [9.17, 15) is 0 Å². The zero-order valence-corrected chi connectivity index (χ0v) is 11.6. The van der Waals surface area contributed by atoms with E-state index in [1.54, 1.807) is 0 Å². The van der Waals surface area contributed by atoms with Crippen molar-refractivity contribution in [2.45, 2.75) is 30.9 Å². The normalized spacial score (nSPS) is 25.0. The smallest absolute Gasteiger partial charge is 0.128 e. The lowest BCUT2D eigenvalue weighted by Crippen LogP contribution is -2.40. The first kappa shape index (κ1) is 12.7. The van der Waals surface area contributed by atoms with E-state index in [1.807, 2.05) is 7.05 Å². The van der Waals surface area contributed by atoms with Gasteiger partial charge in [-0.25, -0.2) is 4.98 Å². The van der Waals surface area contributed by atoms with Crippen LogP contribution in [-0.4, -0.2) is 35.6 Å². The van der Waals surface area contributed by atoms with Crippen LogP contribution in [0.25, 0.3) is 0 Å². The number of pyridine rings is 1. The van der Waals surface area contributed by atoms with Gasteiger partial charge in [0.2, 0.25) is 0 Å². The SMILES string of the molecule is CNCc1cccc(N2CC(C)SC(C)C2)n1. The number of hydrogen-bond acceptors (Lipinski definition) is 4. The number of rotatable bonds is 3. The molecule has 17 heavy (non-hydrogen) atoms. The molecule has 1 N–H and O–H groups in total. The summed E-state index contributed by atoms with van der Waals surface area (Å²) in [5, 5.41) is 4.52. The summed E-state index contributed by atoms with van der Waals surface area (Å²) in [5.41, 5.74) is 1.11. The zero-order chi connectivity index (χ0) is 12.3. The lowest BCUT2D eigenvalue weighted by molar-refractivity contribution is 0.711. The summed E-state index contributed by atoms with van der Waals surface area (Å²) >= 11 is 2.07. The third-order valence-corrected chi connectivity index (χ3v) is 4.12. The Labute approximate surface area is 108 Å². The molecular weight excluding hydrogens is 230 g/mol. The van der Waals surface area contributed by atoms with E-state index in [1.165, 1.54) is 0 Å². The average molecular weight is 251 g/mol. The molecule has 0 radical (unpaired) electrons. The van der Waals surface area contributed by atoms with Crippen LogP contribution in [0.1, 0.15) is 19.5 Å². The van der Waals surface area contributed by atoms with Crippen molar-refractivity contribution in [3.8, 4) is 0 Å². The molecule has 1 aliphatic rings. The molecule has 1 saturated heterocycles. The molecule has 1 aromatic heterocycles. The number of thioether (sulfide) groups is 1. The number of aromatic nitrogens is 1. The second kappa shape index (κ2) is 5.74. The highest BCUT2D eigenvalue weighted by molar-refractivity contribution is 8.00. The maximum Gasteiger partial charge on any atom is 0.128 e. The zero-order valence-electron chi connectivity index (χ0n) is 10.8. The van der Waals surface area contributed by atoms with Gasteiger partial charge < -0.3 is 10.2 Å². The molecule has 2 heterocycles. The molecule has 0 saturated carbocycles. The van der Waals surface area contributed by atoms with Gasteiger partial charge >= 0.3 is 0 Å². The monoisotopic (exact) mass is 251 g/mol. The predicted octanol–water partition coefficient (Wildman–Crippen LogP) is 2.13. The summed E-state index contributed by atoms with van der Waals surface area (Å²) in [5.74, 6) is 1.12. The number of anilines is 1. The Balaban J connectivity index is 2.12. The molecule has 1 fully saturated rings. The fraction of sp³-hybridized carbons (Fsp3) is 0.615. The van der Waals surface area contributed by atoms with Crippen molar-refractivity contribution in [3.63, 3.8) is 0 Å². The average Bonchev–Trinajstić information content (AvgIpc) is 2.28. The van der Waals surface area contributed by atoms with Gasteiger partial charge in [0, 0.05) is 30.1 Å². The second-order valence-electron chi connectivity index (χ2n) is 4.68. The lowest BCUT2D eigenvalue weighted by Gasteiger charge is -2.35. The highest BCUT2D eigenvalue weighted by Gasteiger charge is 2.23. The number of nitrogens with zero attached hydrogens (tertiary/aromatic N) is 2. The van der Waals surface area contributed by atoms with Crippen LogP contribution in [0.5, 0.6) is 0 Å². The minimum absolute atomic E-state index is 0.688. The summed E-state index contributed by atoms with van der Waals surface area (Å²) in [6, 6.07) is 6.30. The van der Waals surface area contributed by atoms with Gasteiger partial charge in [0.05, 0.1) is 5.69 Å². The van der Waals surface area contributed by atoms with E-state index in [0.717, 1.165) is 31.1 Å². The summed E-state index contributed by atoms with van der Waals surface area (Å²) in [6.07, 6.45) is 0. The summed E-state index contributed by atoms with van der Waals surface area (Å²) < 4.78 is 0. The summed E-state index contributed by atoms with van der Waals surface area (Å²) in [4.78, 5) is 7.12.